The van der Waals surface area contributed by atoms with Crippen molar-refractivity contribution in [3.8, 4) is 0 Å². The molecule has 1 amide bonds. The van der Waals surface area contributed by atoms with Crippen LogP contribution in [-0.4, -0.2) is 15.8 Å². The molecular weight excluding hydrogens is 317 g/mol. The van der Waals surface area contributed by atoms with Crippen LogP contribution in [0.4, 0.5) is 11.4 Å². The number of nitro groups is 1. The molecule has 0 atom stereocenters. The van der Waals surface area contributed by atoms with Crippen molar-refractivity contribution in [3.05, 3.63) is 61.9 Å². The lowest BCUT2D eigenvalue weighted by Gasteiger charge is -2.08. The van der Waals surface area contributed by atoms with E-state index in [0.717, 1.165) is 17.8 Å². The number of pyridine rings is 1. The number of nitrogens with one attached hydrogen (secondary N) is 1. The van der Waals surface area contributed by atoms with Crippen LogP contribution in [0.25, 0.3) is 0 Å². The second kappa shape index (κ2) is 6.07. The summed E-state index contributed by atoms with van der Waals surface area (Å²) in [6, 6.07) is 6.21. The minimum absolute atomic E-state index is 0.0129. The lowest BCUT2D eigenvalue weighted by atomic mass is 10.2. The molecule has 1 aromatic carbocycles. The fourth-order valence-corrected chi connectivity index (χ4v) is 2.00. The van der Waals surface area contributed by atoms with Crippen LogP contribution in [0.5, 0.6) is 0 Å². The van der Waals surface area contributed by atoms with E-state index in [9.17, 15) is 14.9 Å². The van der Waals surface area contributed by atoms with Gasteiger partial charge in [0.15, 0.2) is 0 Å². The van der Waals surface area contributed by atoms with Gasteiger partial charge in [-0.25, -0.2) is 4.98 Å². The summed E-state index contributed by atoms with van der Waals surface area (Å²) in [4.78, 5) is 26.0. The maximum Gasteiger partial charge on any atom is 0.300 e. The van der Waals surface area contributed by atoms with E-state index in [1.165, 1.54) is 0 Å². The number of anilines is 1. The van der Waals surface area contributed by atoms with E-state index in [4.69, 9.17) is 23.2 Å². The van der Waals surface area contributed by atoms with E-state index < -0.39 is 16.5 Å². The van der Waals surface area contributed by atoms with E-state index in [0.29, 0.717) is 10.7 Å². The van der Waals surface area contributed by atoms with Gasteiger partial charge in [-0.15, -0.1) is 0 Å². The largest absolute Gasteiger partial charge is 0.320 e. The average molecular weight is 326 g/mol. The molecular formula is C13H9Cl2N3O3. The molecule has 8 heteroatoms. The summed E-state index contributed by atoms with van der Waals surface area (Å²) in [6.45, 7) is 1.83. The Balaban J connectivity index is 2.39. The molecule has 0 spiro atoms. The molecule has 1 N–H and O–H groups in total. The smallest absolute Gasteiger partial charge is 0.300 e. The van der Waals surface area contributed by atoms with Gasteiger partial charge in [0, 0.05) is 0 Å². The van der Waals surface area contributed by atoms with Gasteiger partial charge in [-0.1, -0.05) is 29.3 Å². The molecule has 0 aliphatic heterocycles. The van der Waals surface area contributed by atoms with Crippen LogP contribution in [0.2, 0.25) is 10.2 Å². The van der Waals surface area contributed by atoms with Gasteiger partial charge in [0.1, 0.15) is 16.9 Å². The Bertz CT molecular complexity index is 735. The molecule has 0 unspecified atom stereocenters. The maximum absolute atomic E-state index is 12.2. The minimum Gasteiger partial charge on any atom is -0.320 e. The van der Waals surface area contributed by atoms with Crippen LogP contribution in [0.3, 0.4) is 0 Å². The predicted octanol–water partition coefficient (Wildman–Crippen LogP) is 3.86. The van der Waals surface area contributed by atoms with Crippen LogP contribution < -0.4 is 5.32 Å². The number of halogens is 2. The molecule has 0 aliphatic carbocycles. The first-order valence-electron chi connectivity index (χ1n) is 5.76. The lowest BCUT2D eigenvalue weighted by Crippen LogP contribution is -2.14. The van der Waals surface area contributed by atoms with Crippen molar-refractivity contribution in [1.82, 2.24) is 4.98 Å². The predicted molar refractivity (Wildman–Crippen MR) is 80.0 cm³/mol. The van der Waals surface area contributed by atoms with Crippen molar-refractivity contribution in [3.63, 3.8) is 0 Å². The molecule has 0 saturated carbocycles. The number of hydrogen-bond donors (Lipinski definition) is 1. The number of carbonyl (C=O) groups excluding carboxylic acids is 1. The van der Waals surface area contributed by atoms with Crippen molar-refractivity contribution in [1.29, 1.82) is 0 Å². The van der Waals surface area contributed by atoms with E-state index >= 15 is 0 Å². The van der Waals surface area contributed by atoms with Gasteiger partial charge in [0.2, 0.25) is 0 Å². The second-order valence-electron chi connectivity index (χ2n) is 4.22. The minimum atomic E-state index is -0.698. The standard InChI is InChI=1S/C13H9Cl2N3O3/c1-7-2-3-9(14)10(4-7)17-13(19)8-5-12(15)16-6-11(8)18(20)21/h2-6H,1H3,(H,17,19). The zero-order valence-corrected chi connectivity index (χ0v) is 12.3. The Kier molecular flexibility index (Phi) is 4.40. The molecule has 108 valence electrons. The van der Waals surface area contributed by atoms with Gasteiger partial charge in [-0.3, -0.25) is 14.9 Å². The highest BCUT2D eigenvalue weighted by atomic mass is 35.5. The van der Waals surface area contributed by atoms with E-state index in [-0.39, 0.29) is 10.7 Å². The number of benzene rings is 1. The van der Waals surface area contributed by atoms with Crippen LogP contribution in [-0.2, 0) is 0 Å². The third-order valence-electron chi connectivity index (χ3n) is 2.66. The highest BCUT2D eigenvalue weighted by Crippen LogP contribution is 2.26. The fourth-order valence-electron chi connectivity index (χ4n) is 1.67. The first-order valence-corrected chi connectivity index (χ1v) is 6.51. The van der Waals surface area contributed by atoms with Crippen LogP contribution in [0.15, 0.2) is 30.5 Å². The molecule has 1 heterocycles. The summed E-state index contributed by atoms with van der Waals surface area (Å²) in [7, 11) is 0. The van der Waals surface area contributed by atoms with Crippen molar-refractivity contribution < 1.29 is 9.72 Å². The Morgan fingerprint density at radius 3 is 2.71 bits per heavy atom. The summed E-state index contributed by atoms with van der Waals surface area (Å²) in [5, 5.41) is 13.8. The molecule has 1 aromatic heterocycles. The molecule has 2 rings (SSSR count). The van der Waals surface area contributed by atoms with Gasteiger partial charge in [-0.2, -0.15) is 0 Å². The van der Waals surface area contributed by atoms with Crippen molar-refractivity contribution in [2.24, 2.45) is 0 Å². The van der Waals surface area contributed by atoms with Crippen LogP contribution in [0, 0.1) is 17.0 Å². The van der Waals surface area contributed by atoms with Gasteiger partial charge in [0.05, 0.1) is 15.6 Å². The van der Waals surface area contributed by atoms with Crippen molar-refractivity contribution >= 4 is 40.5 Å². The Hall–Kier alpha value is -2.18. The molecule has 0 radical (unpaired) electrons. The average Bonchev–Trinajstić information content (AvgIpc) is 2.42. The third kappa shape index (κ3) is 3.48. The number of carbonyl (C=O) groups is 1. The molecule has 21 heavy (non-hydrogen) atoms. The van der Waals surface area contributed by atoms with Gasteiger partial charge < -0.3 is 5.32 Å². The van der Waals surface area contributed by atoms with E-state index in [1.807, 2.05) is 6.92 Å². The summed E-state index contributed by atoms with van der Waals surface area (Å²) in [5.41, 5.74) is 0.638. The van der Waals surface area contributed by atoms with Crippen molar-refractivity contribution in [2.75, 3.05) is 5.32 Å². The maximum atomic E-state index is 12.2. The lowest BCUT2D eigenvalue weighted by molar-refractivity contribution is -0.385. The van der Waals surface area contributed by atoms with Crippen LogP contribution in [0.1, 0.15) is 15.9 Å². The molecule has 0 saturated heterocycles. The Labute approximate surface area is 129 Å². The van der Waals surface area contributed by atoms with Gasteiger partial charge in [-0.05, 0) is 30.7 Å². The van der Waals surface area contributed by atoms with Gasteiger partial charge in [0.25, 0.3) is 11.6 Å². The first kappa shape index (κ1) is 15.2. The van der Waals surface area contributed by atoms with Crippen molar-refractivity contribution in [2.45, 2.75) is 6.92 Å². The van der Waals surface area contributed by atoms with Crippen LogP contribution >= 0.6 is 23.2 Å². The molecule has 6 nitrogen and oxygen atoms in total. The quantitative estimate of drug-likeness (QED) is 0.527. The third-order valence-corrected chi connectivity index (χ3v) is 3.20. The topological polar surface area (TPSA) is 85.1 Å². The number of nitrogens with zero attached hydrogens (tertiary/aromatic N) is 2. The monoisotopic (exact) mass is 325 g/mol. The summed E-state index contributed by atoms with van der Waals surface area (Å²) in [6.07, 6.45) is 0.940. The summed E-state index contributed by atoms with van der Waals surface area (Å²) < 4.78 is 0. The first-order chi connectivity index (χ1) is 9.88. The highest BCUT2D eigenvalue weighted by Gasteiger charge is 2.22. The number of amides is 1. The zero-order chi connectivity index (χ0) is 15.6. The number of aromatic nitrogens is 1. The molecule has 0 aliphatic rings. The summed E-state index contributed by atoms with van der Waals surface area (Å²) in [5.74, 6) is -0.682. The summed E-state index contributed by atoms with van der Waals surface area (Å²) >= 11 is 11.7. The molecule has 0 fully saturated rings. The molecule has 2 aromatic rings. The van der Waals surface area contributed by atoms with E-state index in [2.05, 4.69) is 10.3 Å². The molecule has 0 bridgehead atoms. The number of aryl methyl sites for hydroxylation is 1. The SMILES string of the molecule is Cc1ccc(Cl)c(NC(=O)c2cc(Cl)ncc2[N+](=O)[O-])c1. The number of rotatable bonds is 3. The van der Waals surface area contributed by atoms with Gasteiger partial charge >= 0.3 is 0 Å². The Morgan fingerprint density at radius 1 is 1.33 bits per heavy atom. The van der Waals surface area contributed by atoms with E-state index in [1.54, 1.807) is 18.2 Å². The second-order valence-corrected chi connectivity index (χ2v) is 5.01. The zero-order valence-electron chi connectivity index (χ0n) is 10.8. The number of hydrogen-bond acceptors (Lipinski definition) is 4. The Morgan fingerprint density at radius 2 is 2.05 bits per heavy atom. The highest BCUT2D eigenvalue weighted by molar-refractivity contribution is 6.34. The normalized spacial score (nSPS) is 10.2. The fraction of sp³-hybridized carbons (Fsp3) is 0.0769.